The molecule has 1 unspecified atom stereocenters. The molecular formula is C14H20N4O2. The van der Waals surface area contributed by atoms with Crippen LogP contribution in [0.2, 0.25) is 0 Å². The van der Waals surface area contributed by atoms with E-state index in [0.29, 0.717) is 13.0 Å². The van der Waals surface area contributed by atoms with Crippen LogP contribution in [-0.4, -0.2) is 40.8 Å². The van der Waals surface area contributed by atoms with Crippen LogP contribution in [0.1, 0.15) is 26.0 Å². The summed E-state index contributed by atoms with van der Waals surface area (Å²) in [6, 6.07) is 5.47. The second-order valence-corrected chi connectivity index (χ2v) is 4.79. The molecule has 1 aromatic rings. The van der Waals surface area contributed by atoms with E-state index < -0.39 is 0 Å². The van der Waals surface area contributed by atoms with Crippen molar-refractivity contribution in [1.29, 1.82) is 0 Å². The van der Waals surface area contributed by atoms with Gasteiger partial charge < -0.3 is 5.32 Å². The molecule has 1 saturated heterocycles. The Kier molecular flexibility index (Phi) is 4.68. The van der Waals surface area contributed by atoms with Gasteiger partial charge in [0.05, 0.1) is 18.3 Å². The number of hydrogen-bond acceptors (Lipinski definition) is 5. The van der Waals surface area contributed by atoms with E-state index in [1.807, 2.05) is 36.9 Å². The maximum Gasteiger partial charge on any atom is 0.243 e. The summed E-state index contributed by atoms with van der Waals surface area (Å²) in [5.74, 6) is 0.347. The molecule has 2 rings (SSSR count). The maximum atomic E-state index is 11.8. The first kappa shape index (κ1) is 14.5. The molecule has 0 aliphatic carbocycles. The first-order valence-corrected chi connectivity index (χ1v) is 6.91. The van der Waals surface area contributed by atoms with Crippen molar-refractivity contribution in [3.63, 3.8) is 0 Å². The van der Waals surface area contributed by atoms with Crippen molar-refractivity contribution in [2.24, 2.45) is 0 Å². The van der Waals surface area contributed by atoms with E-state index in [-0.39, 0.29) is 24.4 Å². The van der Waals surface area contributed by atoms with Crippen LogP contribution in [0, 0.1) is 0 Å². The molecule has 0 radical (unpaired) electrons. The van der Waals surface area contributed by atoms with Crippen molar-refractivity contribution < 1.29 is 9.59 Å². The van der Waals surface area contributed by atoms with Crippen LogP contribution in [0.4, 0.5) is 5.82 Å². The van der Waals surface area contributed by atoms with E-state index in [1.54, 1.807) is 0 Å². The summed E-state index contributed by atoms with van der Waals surface area (Å²) >= 11 is 0. The van der Waals surface area contributed by atoms with Gasteiger partial charge in [0.1, 0.15) is 5.82 Å². The van der Waals surface area contributed by atoms with Gasteiger partial charge in [-0.05, 0) is 25.5 Å². The SMILES string of the molecule is CCNc1cccc(CN2CC(=O)NC(=O)C2CC)n1. The van der Waals surface area contributed by atoms with Crippen molar-refractivity contribution in [2.75, 3.05) is 18.4 Å². The molecule has 0 bridgehead atoms. The largest absolute Gasteiger partial charge is 0.370 e. The van der Waals surface area contributed by atoms with Gasteiger partial charge in [0, 0.05) is 13.1 Å². The third kappa shape index (κ3) is 3.33. The summed E-state index contributed by atoms with van der Waals surface area (Å²) in [5, 5.41) is 5.53. The molecule has 20 heavy (non-hydrogen) atoms. The van der Waals surface area contributed by atoms with Crippen LogP contribution in [-0.2, 0) is 16.1 Å². The van der Waals surface area contributed by atoms with Crippen molar-refractivity contribution in [3.05, 3.63) is 23.9 Å². The smallest absolute Gasteiger partial charge is 0.243 e. The molecule has 1 aliphatic heterocycles. The van der Waals surface area contributed by atoms with Gasteiger partial charge in [-0.15, -0.1) is 0 Å². The van der Waals surface area contributed by atoms with Crippen molar-refractivity contribution >= 4 is 17.6 Å². The Balaban J connectivity index is 2.12. The summed E-state index contributed by atoms with van der Waals surface area (Å²) in [6.07, 6.45) is 0.673. The van der Waals surface area contributed by atoms with Gasteiger partial charge in [0.15, 0.2) is 0 Å². The lowest BCUT2D eigenvalue weighted by molar-refractivity contribution is -0.140. The zero-order chi connectivity index (χ0) is 14.5. The molecule has 0 aromatic carbocycles. The maximum absolute atomic E-state index is 11.8. The number of pyridine rings is 1. The summed E-state index contributed by atoms with van der Waals surface area (Å²) < 4.78 is 0. The lowest BCUT2D eigenvalue weighted by atomic mass is 10.1. The molecule has 1 aliphatic rings. The second kappa shape index (κ2) is 6.47. The predicted molar refractivity (Wildman–Crippen MR) is 76.0 cm³/mol. The highest BCUT2D eigenvalue weighted by Gasteiger charge is 2.32. The molecule has 108 valence electrons. The third-order valence-electron chi connectivity index (χ3n) is 3.27. The fourth-order valence-corrected chi connectivity index (χ4v) is 2.39. The third-order valence-corrected chi connectivity index (χ3v) is 3.27. The van der Waals surface area contributed by atoms with E-state index in [2.05, 4.69) is 15.6 Å². The highest BCUT2D eigenvalue weighted by molar-refractivity contribution is 6.01. The molecule has 6 heteroatoms. The van der Waals surface area contributed by atoms with Crippen LogP contribution in [0.15, 0.2) is 18.2 Å². The summed E-state index contributed by atoms with van der Waals surface area (Å²) in [7, 11) is 0. The lowest BCUT2D eigenvalue weighted by Crippen LogP contribution is -2.57. The molecule has 2 N–H and O–H groups in total. The van der Waals surface area contributed by atoms with Crippen LogP contribution < -0.4 is 10.6 Å². The topological polar surface area (TPSA) is 74.3 Å². The Morgan fingerprint density at radius 1 is 1.40 bits per heavy atom. The number of imide groups is 1. The van der Waals surface area contributed by atoms with Crippen LogP contribution in [0.25, 0.3) is 0 Å². The number of carbonyl (C=O) groups is 2. The zero-order valence-corrected chi connectivity index (χ0v) is 11.8. The molecule has 0 saturated carbocycles. The fraction of sp³-hybridized carbons (Fsp3) is 0.500. The van der Waals surface area contributed by atoms with E-state index in [9.17, 15) is 9.59 Å². The quantitative estimate of drug-likeness (QED) is 0.776. The number of aromatic nitrogens is 1. The van der Waals surface area contributed by atoms with Gasteiger partial charge in [-0.2, -0.15) is 0 Å². The number of nitrogens with zero attached hydrogens (tertiary/aromatic N) is 2. The predicted octanol–water partition coefficient (Wildman–Crippen LogP) is 0.750. The monoisotopic (exact) mass is 276 g/mol. The van der Waals surface area contributed by atoms with Gasteiger partial charge in [0.2, 0.25) is 11.8 Å². The Morgan fingerprint density at radius 3 is 2.90 bits per heavy atom. The van der Waals surface area contributed by atoms with Gasteiger partial charge in [-0.3, -0.25) is 19.8 Å². The van der Waals surface area contributed by atoms with Gasteiger partial charge >= 0.3 is 0 Å². The fourth-order valence-electron chi connectivity index (χ4n) is 2.39. The molecule has 1 aromatic heterocycles. The van der Waals surface area contributed by atoms with Gasteiger partial charge in [-0.1, -0.05) is 13.0 Å². The Labute approximate surface area is 118 Å². The zero-order valence-electron chi connectivity index (χ0n) is 11.8. The van der Waals surface area contributed by atoms with Crippen LogP contribution >= 0.6 is 0 Å². The Hall–Kier alpha value is -1.95. The van der Waals surface area contributed by atoms with Gasteiger partial charge in [0.25, 0.3) is 0 Å². The van der Waals surface area contributed by atoms with E-state index in [4.69, 9.17) is 0 Å². The first-order valence-electron chi connectivity index (χ1n) is 6.91. The minimum absolute atomic E-state index is 0.216. The number of piperazine rings is 1. The second-order valence-electron chi connectivity index (χ2n) is 4.79. The van der Waals surface area contributed by atoms with Crippen LogP contribution in [0.5, 0.6) is 0 Å². The van der Waals surface area contributed by atoms with E-state index in [0.717, 1.165) is 18.1 Å². The van der Waals surface area contributed by atoms with Crippen LogP contribution in [0.3, 0.4) is 0 Å². The standard InChI is InChI=1S/C14H20N4O2/c1-3-11-14(20)17-13(19)9-18(11)8-10-6-5-7-12(16-10)15-4-2/h5-7,11H,3-4,8-9H2,1-2H3,(H,15,16)(H,17,19,20). The average Bonchev–Trinajstić information content (AvgIpc) is 2.39. The van der Waals surface area contributed by atoms with E-state index in [1.165, 1.54) is 0 Å². The lowest BCUT2D eigenvalue weighted by Gasteiger charge is -2.33. The molecular weight excluding hydrogens is 256 g/mol. The number of anilines is 1. The summed E-state index contributed by atoms with van der Waals surface area (Å²) in [5.41, 5.74) is 0.851. The first-order chi connectivity index (χ1) is 9.63. The van der Waals surface area contributed by atoms with Crippen molar-refractivity contribution in [1.82, 2.24) is 15.2 Å². The average molecular weight is 276 g/mol. The number of carbonyl (C=O) groups excluding carboxylic acids is 2. The van der Waals surface area contributed by atoms with Gasteiger partial charge in [-0.25, -0.2) is 4.98 Å². The minimum Gasteiger partial charge on any atom is -0.370 e. The molecule has 2 heterocycles. The van der Waals surface area contributed by atoms with Crippen molar-refractivity contribution in [2.45, 2.75) is 32.9 Å². The summed E-state index contributed by atoms with van der Waals surface area (Å²) in [4.78, 5) is 29.7. The summed E-state index contributed by atoms with van der Waals surface area (Å²) in [6.45, 7) is 5.48. The van der Waals surface area contributed by atoms with Crippen molar-refractivity contribution in [3.8, 4) is 0 Å². The number of amides is 2. The highest BCUT2D eigenvalue weighted by atomic mass is 16.2. The number of hydrogen-bond donors (Lipinski definition) is 2. The Morgan fingerprint density at radius 2 is 2.20 bits per heavy atom. The number of nitrogens with one attached hydrogen (secondary N) is 2. The molecule has 6 nitrogen and oxygen atoms in total. The molecule has 1 fully saturated rings. The molecule has 0 spiro atoms. The normalized spacial score (nSPS) is 19.8. The number of rotatable bonds is 5. The van der Waals surface area contributed by atoms with E-state index >= 15 is 0 Å². The molecule has 2 amide bonds. The minimum atomic E-state index is -0.266. The highest BCUT2D eigenvalue weighted by Crippen LogP contribution is 2.14. The Bertz CT molecular complexity index is 504. The molecule has 1 atom stereocenters.